The van der Waals surface area contributed by atoms with Crippen molar-refractivity contribution in [3.05, 3.63) is 72.8 Å². The average molecular weight is 326 g/mol. The van der Waals surface area contributed by atoms with Gasteiger partial charge in [0.1, 0.15) is 0 Å². The van der Waals surface area contributed by atoms with Crippen LogP contribution in [0.5, 0.6) is 0 Å². The summed E-state index contributed by atoms with van der Waals surface area (Å²) in [7, 11) is -3.08. The Morgan fingerprint density at radius 3 is 1.61 bits per heavy atom. The molecule has 3 heteroatoms. The van der Waals surface area contributed by atoms with E-state index in [0.29, 0.717) is 16.2 Å². The standard InChI is InChI=1S/C20H23O2P/c1-15(2)16(3)20(21)17(4)23(22,18-11-7-5-8-12-18)19-13-9-6-10-14-19/h5-15,17H,3H2,1-2,4H3. The van der Waals surface area contributed by atoms with Gasteiger partial charge in [0, 0.05) is 10.6 Å². The molecule has 1 unspecified atom stereocenters. The second-order valence-electron chi connectivity index (χ2n) is 6.05. The van der Waals surface area contributed by atoms with E-state index in [4.69, 9.17) is 0 Å². The SMILES string of the molecule is C=C(C(=O)C(C)P(=O)(c1ccccc1)c1ccccc1)C(C)C. The van der Waals surface area contributed by atoms with Crippen LogP contribution in [0.2, 0.25) is 0 Å². The number of ketones is 1. The number of Topliss-reactive ketones (excluding diaryl/α,β-unsaturated/α-hetero) is 1. The monoisotopic (exact) mass is 326 g/mol. The lowest BCUT2D eigenvalue weighted by Crippen LogP contribution is -2.31. The van der Waals surface area contributed by atoms with Crippen LogP contribution >= 0.6 is 7.14 Å². The molecule has 0 spiro atoms. The summed E-state index contributed by atoms with van der Waals surface area (Å²) >= 11 is 0. The molecular formula is C20H23O2P. The predicted molar refractivity (Wildman–Crippen MR) is 98.2 cm³/mol. The summed E-state index contributed by atoms with van der Waals surface area (Å²) in [6, 6.07) is 18.6. The molecule has 0 aromatic heterocycles. The largest absolute Gasteiger partial charge is 0.313 e. The van der Waals surface area contributed by atoms with Crippen molar-refractivity contribution in [2.24, 2.45) is 5.92 Å². The third-order valence-electron chi connectivity index (χ3n) is 4.22. The molecule has 0 saturated carbocycles. The Balaban J connectivity index is 2.58. The second kappa shape index (κ2) is 7.10. The molecule has 2 nitrogen and oxygen atoms in total. The van der Waals surface area contributed by atoms with Crippen molar-refractivity contribution in [2.45, 2.75) is 26.4 Å². The van der Waals surface area contributed by atoms with Crippen LogP contribution in [0.25, 0.3) is 0 Å². The molecule has 1 atom stereocenters. The third kappa shape index (κ3) is 3.38. The molecule has 23 heavy (non-hydrogen) atoms. The molecule has 0 N–H and O–H groups in total. The Morgan fingerprint density at radius 2 is 1.26 bits per heavy atom. The van der Waals surface area contributed by atoms with Crippen LogP contribution in [-0.2, 0) is 9.36 Å². The summed E-state index contributed by atoms with van der Waals surface area (Å²) in [4.78, 5) is 12.8. The van der Waals surface area contributed by atoms with Gasteiger partial charge >= 0.3 is 0 Å². The molecular weight excluding hydrogens is 303 g/mol. The Morgan fingerprint density at radius 1 is 0.870 bits per heavy atom. The second-order valence-corrected chi connectivity index (χ2v) is 9.17. The molecule has 120 valence electrons. The number of carbonyl (C=O) groups excluding carboxylic acids is 1. The van der Waals surface area contributed by atoms with E-state index < -0.39 is 12.8 Å². The predicted octanol–water partition coefficient (Wildman–Crippen LogP) is 4.17. The van der Waals surface area contributed by atoms with Crippen LogP contribution in [0.1, 0.15) is 20.8 Å². The first kappa shape index (κ1) is 17.4. The van der Waals surface area contributed by atoms with Crippen molar-refractivity contribution < 1.29 is 9.36 Å². The van der Waals surface area contributed by atoms with E-state index in [-0.39, 0.29) is 11.7 Å². The van der Waals surface area contributed by atoms with Crippen LogP contribution in [0.15, 0.2) is 72.8 Å². The summed E-state index contributed by atoms with van der Waals surface area (Å²) in [5.74, 6) is -0.0685. The van der Waals surface area contributed by atoms with Gasteiger partial charge in [0.2, 0.25) is 0 Å². The van der Waals surface area contributed by atoms with Gasteiger partial charge in [0.05, 0.1) is 5.66 Å². The van der Waals surface area contributed by atoms with Crippen molar-refractivity contribution in [3.8, 4) is 0 Å². The van der Waals surface area contributed by atoms with E-state index >= 15 is 0 Å². The van der Waals surface area contributed by atoms with Gasteiger partial charge in [-0.2, -0.15) is 0 Å². The lowest BCUT2D eigenvalue weighted by atomic mass is 9.99. The van der Waals surface area contributed by atoms with Crippen molar-refractivity contribution in [1.29, 1.82) is 0 Å². The minimum atomic E-state index is -3.08. The molecule has 2 aromatic carbocycles. The zero-order valence-corrected chi connectivity index (χ0v) is 14.8. The van der Waals surface area contributed by atoms with E-state index in [1.54, 1.807) is 6.92 Å². The van der Waals surface area contributed by atoms with Gasteiger partial charge in [-0.1, -0.05) is 81.1 Å². The van der Waals surface area contributed by atoms with E-state index in [0.717, 1.165) is 0 Å². The lowest BCUT2D eigenvalue weighted by molar-refractivity contribution is -0.115. The zero-order chi connectivity index (χ0) is 17.0. The van der Waals surface area contributed by atoms with E-state index in [1.165, 1.54) is 0 Å². The van der Waals surface area contributed by atoms with Gasteiger partial charge in [-0.3, -0.25) is 4.79 Å². The molecule has 2 aromatic rings. The van der Waals surface area contributed by atoms with Crippen LogP contribution in [0.4, 0.5) is 0 Å². The molecule has 0 amide bonds. The molecule has 2 rings (SSSR count). The molecule has 0 aliphatic carbocycles. The molecule has 0 aliphatic rings. The number of rotatable bonds is 6. The highest BCUT2D eigenvalue weighted by Gasteiger charge is 2.38. The van der Waals surface area contributed by atoms with Gasteiger partial charge in [0.15, 0.2) is 12.9 Å². The quantitative estimate of drug-likeness (QED) is 0.590. The van der Waals surface area contributed by atoms with E-state index in [2.05, 4.69) is 6.58 Å². The van der Waals surface area contributed by atoms with Crippen LogP contribution in [-0.4, -0.2) is 11.4 Å². The Bertz CT molecular complexity index is 689. The molecule has 0 saturated heterocycles. The number of carbonyl (C=O) groups is 1. The minimum absolute atomic E-state index is 0.0462. The van der Waals surface area contributed by atoms with E-state index in [9.17, 15) is 9.36 Å². The third-order valence-corrected chi connectivity index (χ3v) is 7.67. The van der Waals surface area contributed by atoms with Crippen LogP contribution in [0.3, 0.4) is 0 Å². The minimum Gasteiger partial charge on any atom is -0.313 e. The maximum absolute atomic E-state index is 14.0. The fraction of sp³-hybridized carbons (Fsp3) is 0.250. The molecule has 0 fully saturated rings. The summed E-state index contributed by atoms with van der Waals surface area (Å²) < 4.78 is 14.0. The molecule has 0 bridgehead atoms. The Hall–Kier alpha value is -1.92. The molecule has 0 aliphatic heterocycles. The van der Waals surface area contributed by atoms with Crippen molar-refractivity contribution in [3.63, 3.8) is 0 Å². The maximum Gasteiger partial charge on any atom is 0.169 e. The number of hydrogen-bond acceptors (Lipinski definition) is 2. The van der Waals surface area contributed by atoms with Gasteiger partial charge in [-0.05, 0) is 18.4 Å². The topological polar surface area (TPSA) is 34.1 Å². The highest BCUT2D eigenvalue weighted by molar-refractivity contribution is 7.80. The van der Waals surface area contributed by atoms with Crippen LogP contribution < -0.4 is 10.6 Å². The highest BCUT2D eigenvalue weighted by Crippen LogP contribution is 2.49. The summed E-state index contributed by atoms with van der Waals surface area (Å²) in [6.07, 6.45) is 0. The van der Waals surface area contributed by atoms with Gasteiger partial charge in [-0.25, -0.2) is 0 Å². The summed E-state index contributed by atoms with van der Waals surface area (Å²) in [5, 5.41) is 1.42. The fourth-order valence-electron chi connectivity index (χ4n) is 2.61. The first-order valence-electron chi connectivity index (χ1n) is 7.83. The first-order chi connectivity index (χ1) is 10.9. The number of benzene rings is 2. The fourth-order valence-corrected chi connectivity index (χ4v) is 5.53. The number of allylic oxidation sites excluding steroid dienone is 1. The van der Waals surface area contributed by atoms with Gasteiger partial charge in [0.25, 0.3) is 0 Å². The molecule has 0 heterocycles. The van der Waals surface area contributed by atoms with E-state index in [1.807, 2.05) is 74.5 Å². The normalized spacial score (nSPS) is 12.9. The lowest BCUT2D eigenvalue weighted by Gasteiger charge is -2.26. The first-order valence-corrected chi connectivity index (χ1v) is 9.60. The smallest absolute Gasteiger partial charge is 0.169 e. The van der Waals surface area contributed by atoms with Gasteiger partial charge in [-0.15, -0.1) is 0 Å². The molecule has 0 radical (unpaired) electrons. The van der Waals surface area contributed by atoms with Crippen molar-refractivity contribution in [1.82, 2.24) is 0 Å². The average Bonchev–Trinajstić information content (AvgIpc) is 2.60. The van der Waals surface area contributed by atoms with Crippen LogP contribution in [0, 0.1) is 5.92 Å². The maximum atomic E-state index is 14.0. The number of hydrogen-bond donors (Lipinski definition) is 0. The highest BCUT2D eigenvalue weighted by atomic mass is 31.2. The Kier molecular flexibility index (Phi) is 5.38. The summed E-state index contributed by atoms with van der Waals surface area (Å²) in [5.41, 5.74) is -0.0909. The zero-order valence-electron chi connectivity index (χ0n) is 13.9. The van der Waals surface area contributed by atoms with Crippen molar-refractivity contribution in [2.75, 3.05) is 0 Å². The Labute approximate surface area is 138 Å². The van der Waals surface area contributed by atoms with Gasteiger partial charge < -0.3 is 4.57 Å². The summed E-state index contributed by atoms with van der Waals surface area (Å²) in [6.45, 7) is 9.53. The van der Waals surface area contributed by atoms with Crippen molar-refractivity contribution >= 4 is 23.5 Å².